The topological polar surface area (TPSA) is 74.8 Å². The Balaban J connectivity index is 2.96. The first-order chi connectivity index (χ1) is 7.13. The fraction of sp³-hybridized carbons (Fsp3) is 0.700. The summed E-state index contributed by atoms with van der Waals surface area (Å²) in [5.74, 6) is 0. The number of hydrogen-bond acceptors (Lipinski definition) is 3. The van der Waals surface area contributed by atoms with E-state index in [4.69, 9.17) is 0 Å². The summed E-state index contributed by atoms with van der Waals surface area (Å²) in [5, 5.41) is 6.55. The van der Waals surface area contributed by atoms with Gasteiger partial charge in [0, 0.05) is 6.54 Å². The van der Waals surface area contributed by atoms with Crippen LogP contribution < -0.4 is 4.72 Å². The van der Waals surface area contributed by atoms with Gasteiger partial charge in [0.2, 0.25) is 10.0 Å². The molecule has 0 saturated heterocycles. The molecule has 0 fully saturated rings. The smallest absolute Gasteiger partial charge is 0.244 e. The Labute approximate surface area is 96.7 Å². The van der Waals surface area contributed by atoms with Gasteiger partial charge in [-0.15, -0.1) is 0 Å². The standard InChI is InChI=1S/C10H19N3O2S/c1-7-9(8(2)13-12-7)16(14,15)11-6-10(3,4)5/h11H,6H2,1-5H3,(H,12,13). The molecule has 5 nitrogen and oxygen atoms in total. The van der Waals surface area contributed by atoms with Crippen LogP contribution in [0, 0.1) is 19.3 Å². The second-order valence-electron chi connectivity index (χ2n) is 5.15. The number of sulfonamides is 1. The first-order valence-electron chi connectivity index (χ1n) is 5.15. The number of aromatic nitrogens is 2. The minimum absolute atomic E-state index is 0.0847. The lowest BCUT2D eigenvalue weighted by Gasteiger charge is -2.18. The highest BCUT2D eigenvalue weighted by molar-refractivity contribution is 7.89. The van der Waals surface area contributed by atoms with E-state index in [1.807, 2.05) is 20.8 Å². The second kappa shape index (κ2) is 4.18. The van der Waals surface area contributed by atoms with E-state index in [1.54, 1.807) is 13.8 Å². The minimum Gasteiger partial charge on any atom is -0.281 e. The minimum atomic E-state index is -3.46. The summed E-state index contributed by atoms with van der Waals surface area (Å²) in [5.41, 5.74) is 0.983. The zero-order valence-electron chi connectivity index (χ0n) is 10.4. The van der Waals surface area contributed by atoms with Gasteiger partial charge < -0.3 is 0 Å². The largest absolute Gasteiger partial charge is 0.281 e. The number of H-pyrrole nitrogens is 1. The molecule has 0 spiro atoms. The van der Waals surface area contributed by atoms with E-state index >= 15 is 0 Å². The van der Waals surface area contributed by atoms with E-state index in [-0.39, 0.29) is 10.3 Å². The zero-order chi connectivity index (χ0) is 12.6. The highest BCUT2D eigenvalue weighted by atomic mass is 32.2. The first kappa shape index (κ1) is 13.2. The normalized spacial score (nSPS) is 13.1. The molecule has 0 aliphatic carbocycles. The molecule has 0 aliphatic rings. The number of hydrogen-bond donors (Lipinski definition) is 2. The van der Waals surface area contributed by atoms with Crippen molar-refractivity contribution < 1.29 is 8.42 Å². The zero-order valence-corrected chi connectivity index (χ0v) is 11.2. The van der Waals surface area contributed by atoms with E-state index in [1.165, 1.54) is 0 Å². The molecule has 1 heterocycles. The van der Waals surface area contributed by atoms with Gasteiger partial charge in [-0.05, 0) is 19.3 Å². The van der Waals surface area contributed by atoms with Crippen molar-refractivity contribution in [2.24, 2.45) is 5.41 Å². The van der Waals surface area contributed by atoms with Gasteiger partial charge in [0.05, 0.1) is 11.4 Å². The van der Waals surface area contributed by atoms with Crippen molar-refractivity contribution in [3.63, 3.8) is 0 Å². The Bertz CT molecular complexity index is 449. The molecule has 0 aliphatic heterocycles. The average Bonchev–Trinajstić information content (AvgIpc) is 2.42. The molecule has 1 aromatic rings. The molecule has 1 aromatic heterocycles. The second-order valence-corrected chi connectivity index (χ2v) is 6.85. The van der Waals surface area contributed by atoms with Crippen LogP contribution >= 0.6 is 0 Å². The molecule has 0 atom stereocenters. The monoisotopic (exact) mass is 245 g/mol. The quantitative estimate of drug-likeness (QED) is 0.844. The average molecular weight is 245 g/mol. The molecule has 2 N–H and O–H groups in total. The number of nitrogens with zero attached hydrogens (tertiary/aromatic N) is 1. The van der Waals surface area contributed by atoms with Gasteiger partial charge in [-0.1, -0.05) is 20.8 Å². The van der Waals surface area contributed by atoms with Crippen LogP contribution in [0.3, 0.4) is 0 Å². The third kappa shape index (κ3) is 3.05. The summed E-state index contributed by atoms with van der Waals surface area (Å²) < 4.78 is 26.6. The number of aromatic amines is 1. The van der Waals surface area contributed by atoms with Gasteiger partial charge in [0.1, 0.15) is 4.90 Å². The molecule has 0 saturated carbocycles. The van der Waals surface area contributed by atoms with E-state index in [0.29, 0.717) is 17.9 Å². The molecule has 1 rings (SSSR count). The summed E-state index contributed by atoms with van der Waals surface area (Å²) in [6.45, 7) is 9.71. The molecular formula is C10H19N3O2S. The van der Waals surface area contributed by atoms with Gasteiger partial charge >= 0.3 is 0 Å². The summed E-state index contributed by atoms with van der Waals surface area (Å²) >= 11 is 0. The van der Waals surface area contributed by atoms with Crippen LogP contribution in [0.25, 0.3) is 0 Å². The molecular weight excluding hydrogens is 226 g/mol. The molecule has 0 radical (unpaired) electrons. The molecule has 0 unspecified atom stereocenters. The van der Waals surface area contributed by atoms with Gasteiger partial charge in [0.25, 0.3) is 0 Å². The summed E-state index contributed by atoms with van der Waals surface area (Å²) in [6.07, 6.45) is 0. The lowest BCUT2D eigenvalue weighted by Crippen LogP contribution is -2.32. The first-order valence-corrected chi connectivity index (χ1v) is 6.63. The molecule has 6 heteroatoms. The van der Waals surface area contributed by atoms with Crippen molar-refractivity contribution in [1.82, 2.24) is 14.9 Å². The Morgan fingerprint density at radius 2 is 1.88 bits per heavy atom. The Morgan fingerprint density at radius 3 is 2.25 bits per heavy atom. The lowest BCUT2D eigenvalue weighted by atomic mass is 9.98. The summed E-state index contributed by atoms with van der Waals surface area (Å²) in [6, 6.07) is 0. The molecule has 0 bridgehead atoms. The van der Waals surface area contributed by atoms with E-state index in [9.17, 15) is 8.42 Å². The van der Waals surface area contributed by atoms with Crippen molar-refractivity contribution in [3.05, 3.63) is 11.4 Å². The predicted octanol–water partition coefficient (Wildman–Crippen LogP) is 1.35. The van der Waals surface area contributed by atoms with Crippen LogP contribution in [-0.2, 0) is 10.0 Å². The highest BCUT2D eigenvalue weighted by Gasteiger charge is 2.23. The maximum absolute atomic E-state index is 12.0. The summed E-state index contributed by atoms with van der Waals surface area (Å²) in [7, 11) is -3.46. The Hall–Kier alpha value is -0.880. The maximum Gasteiger partial charge on any atom is 0.244 e. The van der Waals surface area contributed by atoms with E-state index in [2.05, 4.69) is 14.9 Å². The Morgan fingerprint density at radius 1 is 1.31 bits per heavy atom. The highest BCUT2D eigenvalue weighted by Crippen LogP contribution is 2.18. The third-order valence-electron chi connectivity index (χ3n) is 2.12. The van der Waals surface area contributed by atoms with Crippen molar-refractivity contribution in [1.29, 1.82) is 0 Å². The Kier molecular flexibility index (Phi) is 3.44. The van der Waals surface area contributed by atoms with Crippen LogP contribution in [0.4, 0.5) is 0 Å². The van der Waals surface area contributed by atoms with Crippen molar-refractivity contribution in [2.45, 2.75) is 39.5 Å². The van der Waals surface area contributed by atoms with Crippen LogP contribution in [0.2, 0.25) is 0 Å². The van der Waals surface area contributed by atoms with Crippen LogP contribution in [0.15, 0.2) is 4.90 Å². The van der Waals surface area contributed by atoms with Gasteiger partial charge in [-0.2, -0.15) is 5.10 Å². The van der Waals surface area contributed by atoms with Gasteiger partial charge in [-0.25, -0.2) is 13.1 Å². The summed E-state index contributed by atoms with van der Waals surface area (Å²) in [4.78, 5) is 0.261. The molecule has 16 heavy (non-hydrogen) atoms. The number of aryl methyl sites for hydroxylation is 2. The van der Waals surface area contributed by atoms with E-state index < -0.39 is 10.0 Å². The van der Waals surface area contributed by atoms with Crippen LogP contribution in [-0.4, -0.2) is 25.2 Å². The molecule has 0 amide bonds. The SMILES string of the molecule is Cc1n[nH]c(C)c1S(=O)(=O)NCC(C)(C)C. The van der Waals surface area contributed by atoms with Crippen molar-refractivity contribution in [2.75, 3.05) is 6.54 Å². The van der Waals surface area contributed by atoms with Crippen molar-refractivity contribution in [3.8, 4) is 0 Å². The maximum atomic E-state index is 12.0. The molecule has 0 aromatic carbocycles. The molecule has 92 valence electrons. The van der Waals surface area contributed by atoms with Gasteiger partial charge in [0.15, 0.2) is 0 Å². The van der Waals surface area contributed by atoms with Crippen LogP contribution in [0.5, 0.6) is 0 Å². The van der Waals surface area contributed by atoms with E-state index in [0.717, 1.165) is 0 Å². The van der Waals surface area contributed by atoms with Gasteiger partial charge in [-0.3, -0.25) is 5.10 Å². The number of rotatable bonds is 3. The third-order valence-corrected chi connectivity index (χ3v) is 3.79. The van der Waals surface area contributed by atoms with Crippen LogP contribution in [0.1, 0.15) is 32.2 Å². The van der Waals surface area contributed by atoms with Crippen molar-refractivity contribution >= 4 is 10.0 Å². The number of nitrogens with one attached hydrogen (secondary N) is 2. The fourth-order valence-corrected chi connectivity index (χ4v) is 2.97. The fourth-order valence-electron chi connectivity index (χ4n) is 1.32. The predicted molar refractivity (Wildman–Crippen MR) is 62.7 cm³/mol. The lowest BCUT2D eigenvalue weighted by molar-refractivity contribution is 0.407.